The molecule has 2 rings (SSSR count). The highest BCUT2D eigenvalue weighted by Gasteiger charge is 2.19. The number of hydrogen-bond acceptors (Lipinski definition) is 2. The number of aryl methyl sites for hydroxylation is 1. The van der Waals surface area contributed by atoms with E-state index in [1.807, 2.05) is 19.2 Å². The van der Waals surface area contributed by atoms with E-state index < -0.39 is 0 Å². The first kappa shape index (κ1) is 14.3. The van der Waals surface area contributed by atoms with Gasteiger partial charge >= 0.3 is 0 Å². The molecular formula is C15H22ClN3. The van der Waals surface area contributed by atoms with E-state index in [1.165, 1.54) is 0 Å². The number of imidazole rings is 1. The van der Waals surface area contributed by atoms with Crippen LogP contribution >= 0.6 is 11.6 Å². The Morgan fingerprint density at radius 3 is 2.53 bits per heavy atom. The molecule has 0 amide bonds. The fourth-order valence-corrected chi connectivity index (χ4v) is 2.30. The van der Waals surface area contributed by atoms with Gasteiger partial charge in [0.05, 0.1) is 5.38 Å². The van der Waals surface area contributed by atoms with Crippen molar-refractivity contribution in [1.82, 2.24) is 14.5 Å². The van der Waals surface area contributed by atoms with Crippen molar-refractivity contribution >= 4 is 22.8 Å². The zero-order valence-corrected chi connectivity index (χ0v) is 13.1. The molecular weight excluding hydrogens is 258 g/mol. The standard InChI is InChI=1S/C15H22ClN3/c1-9(2)11(4)8-19-14(12(5)16)18-13-10(3)6-7-17-15(13)19/h6-7,9,11-12H,8H2,1-5H3. The van der Waals surface area contributed by atoms with Gasteiger partial charge in [-0.05, 0) is 37.3 Å². The zero-order valence-electron chi connectivity index (χ0n) is 12.3. The summed E-state index contributed by atoms with van der Waals surface area (Å²) in [7, 11) is 0. The molecule has 0 aliphatic heterocycles. The van der Waals surface area contributed by atoms with Gasteiger partial charge in [-0.15, -0.1) is 11.6 Å². The molecule has 19 heavy (non-hydrogen) atoms. The summed E-state index contributed by atoms with van der Waals surface area (Å²) in [5, 5.41) is -0.104. The number of nitrogens with zero attached hydrogens (tertiary/aromatic N) is 3. The Morgan fingerprint density at radius 2 is 1.95 bits per heavy atom. The van der Waals surface area contributed by atoms with Crippen LogP contribution in [0.5, 0.6) is 0 Å². The first-order valence-corrected chi connectivity index (χ1v) is 7.31. The third-order valence-electron chi connectivity index (χ3n) is 3.83. The fourth-order valence-electron chi connectivity index (χ4n) is 2.14. The Balaban J connectivity index is 2.56. The van der Waals surface area contributed by atoms with Crippen LogP contribution in [0.4, 0.5) is 0 Å². The SMILES string of the molecule is Cc1ccnc2c1nc(C(C)Cl)n2CC(C)C(C)C. The molecule has 2 unspecified atom stereocenters. The summed E-state index contributed by atoms with van der Waals surface area (Å²) in [5.74, 6) is 2.11. The monoisotopic (exact) mass is 279 g/mol. The van der Waals surface area contributed by atoms with Crippen LogP contribution in [0.1, 0.15) is 44.5 Å². The Bertz CT molecular complexity index is 572. The van der Waals surface area contributed by atoms with E-state index in [1.54, 1.807) is 0 Å². The molecule has 0 radical (unpaired) electrons. The molecule has 2 heterocycles. The smallest absolute Gasteiger partial charge is 0.160 e. The van der Waals surface area contributed by atoms with Gasteiger partial charge in [-0.3, -0.25) is 0 Å². The first-order valence-electron chi connectivity index (χ1n) is 6.87. The number of halogens is 1. The van der Waals surface area contributed by atoms with Gasteiger partial charge in [0.25, 0.3) is 0 Å². The fraction of sp³-hybridized carbons (Fsp3) is 0.600. The molecule has 0 aliphatic carbocycles. The molecule has 2 aromatic rings. The Kier molecular flexibility index (Phi) is 4.14. The summed E-state index contributed by atoms with van der Waals surface area (Å²) in [6, 6.07) is 1.99. The van der Waals surface area contributed by atoms with Crippen LogP contribution in [0.15, 0.2) is 12.3 Å². The van der Waals surface area contributed by atoms with E-state index in [2.05, 4.69) is 37.2 Å². The van der Waals surface area contributed by atoms with E-state index in [0.717, 1.165) is 29.1 Å². The predicted molar refractivity (Wildman–Crippen MR) is 80.5 cm³/mol. The van der Waals surface area contributed by atoms with Crippen molar-refractivity contribution in [3.63, 3.8) is 0 Å². The zero-order chi connectivity index (χ0) is 14.2. The highest BCUT2D eigenvalue weighted by Crippen LogP contribution is 2.27. The Hall–Kier alpha value is -1.09. The summed E-state index contributed by atoms with van der Waals surface area (Å²) < 4.78 is 2.19. The van der Waals surface area contributed by atoms with E-state index in [0.29, 0.717) is 11.8 Å². The molecule has 3 nitrogen and oxygen atoms in total. The van der Waals surface area contributed by atoms with Crippen LogP contribution in [0, 0.1) is 18.8 Å². The Morgan fingerprint density at radius 1 is 1.26 bits per heavy atom. The second kappa shape index (κ2) is 5.49. The van der Waals surface area contributed by atoms with Crippen molar-refractivity contribution < 1.29 is 0 Å². The molecule has 0 aliphatic rings. The van der Waals surface area contributed by atoms with Gasteiger partial charge < -0.3 is 4.57 Å². The maximum Gasteiger partial charge on any atom is 0.160 e. The van der Waals surface area contributed by atoms with Gasteiger partial charge in [0.15, 0.2) is 5.65 Å². The number of aromatic nitrogens is 3. The summed E-state index contributed by atoms with van der Waals surface area (Å²) in [4.78, 5) is 9.19. The number of fused-ring (bicyclic) bond motifs is 1. The van der Waals surface area contributed by atoms with Gasteiger partial charge in [0, 0.05) is 12.7 Å². The molecule has 0 bridgehead atoms. The molecule has 0 fully saturated rings. The van der Waals surface area contributed by atoms with Crippen LogP contribution in [-0.4, -0.2) is 14.5 Å². The van der Waals surface area contributed by atoms with Gasteiger partial charge in [-0.1, -0.05) is 20.8 Å². The van der Waals surface area contributed by atoms with Crippen molar-refractivity contribution in [1.29, 1.82) is 0 Å². The van der Waals surface area contributed by atoms with Crippen molar-refractivity contribution in [2.75, 3.05) is 0 Å². The second-order valence-electron chi connectivity index (χ2n) is 5.72. The van der Waals surface area contributed by atoms with Crippen LogP contribution in [0.3, 0.4) is 0 Å². The van der Waals surface area contributed by atoms with Crippen molar-refractivity contribution in [2.45, 2.75) is 46.5 Å². The highest BCUT2D eigenvalue weighted by atomic mass is 35.5. The lowest BCUT2D eigenvalue weighted by Crippen LogP contribution is -2.15. The van der Waals surface area contributed by atoms with Crippen LogP contribution in [0.2, 0.25) is 0 Å². The molecule has 0 saturated heterocycles. The van der Waals surface area contributed by atoms with Crippen LogP contribution in [0.25, 0.3) is 11.2 Å². The topological polar surface area (TPSA) is 30.7 Å². The second-order valence-corrected chi connectivity index (χ2v) is 6.37. The summed E-state index contributed by atoms with van der Waals surface area (Å²) in [5.41, 5.74) is 3.08. The third kappa shape index (κ3) is 2.76. The molecule has 0 N–H and O–H groups in total. The first-order chi connectivity index (χ1) is 8.91. The molecule has 0 aromatic carbocycles. The minimum absolute atomic E-state index is 0.104. The minimum atomic E-state index is -0.104. The molecule has 4 heteroatoms. The number of alkyl halides is 1. The predicted octanol–water partition coefficient (Wildman–Crippen LogP) is 4.33. The molecule has 0 saturated carbocycles. The number of hydrogen-bond donors (Lipinski definition) is 0. The lowest BCUT2D eigenvalue weighted by molar-refractivity contribution is 0.363. The molecule has 2 atom stereocenters. The van der Waals surface area contributed by atoms with Gasteiger partial charge in [-0.25, -0.2) is 9.97 Å². The van der Waals surface area contributed by atoms with Crippen molar-refractivity contribution in [3.05, 3.63) is 23.7 Å². The normalized spacial score (nSPS) is 15.1. The maximum atomic E-state index is 6.28. The van der Waals surface area contributed by atoms with Crippen molar-refractivity contribution in [2.24, 2.45) is 11.8 Å². The van der Waals surface area contributed by atoms with E-state index in [9.17, 15) is 0 Å². The van der Waals surface area contributed by atoms with Gasteiger partial charge in [-0.2, -0.15) is 0 Å². The largest absolute Gasteiger partial charge is 0.311 e. The quantitative estimate of drug-likeness (QED) is 0.780. The van der Waals surface area contributed by atoms with Crippen LogP contribution in [-0.2, 0) is 6.54 Å². The minimum Gasteiger partial charge on any atom is -0.311 e. The summed E-state index contributed by atoms with van der Waals surface area (Å²) in [6.07, 6.45) is 1.85. The van der Waals surface area contributed by atoms with Gasteiger partial charge in [0.1, 0.15) is 11.3 Å². The van der Waals surface area contributed by atoms with E-state index in [-0.39, 0.29) is 5.38 Å². The highest BCUT2D eigenvalue weighted by molar-refractivity contribution is 6.20. The lowest BCUT2D eigenvalue weighted by Gasteiger charge is -2.18. The summed E-state index contributed by atoms with van der Waals surface area (Å²) >= 11 is 6.28. The number of pyridine rings is 1. The van der Waals surface area contributed by atoms with Crippen LogP contribution < -0.4 is 0 Å². The average Bonchev–Trinajstić information content (AvgIpc) is 2.70. The maximum absolute atomic E-state index is 6.28. The molecule has 104 valence electrons. The number of rotatable bonds is 4. The van der Waals surface area contributed by atoms with Crippen molar-refractivity contribution in [3.8, 4) is 0 Å². The van der Waals surface area contributed by atoms with E-state index >= 15 is 0 Å². The summed E-state index contributed by atoms with van der Waals surface area (Å²) in [6.45, 7) is 11.7. The Labute approximate surface area is 120 Å². The van der Waals surface area contributed by atoms with E-state index in [4.69, 9.17) is 16.6 Å². The lowest BCUT2D eigenvalue weighted by atomic mass is 9.98. The average molecular weight is 280 g/mol. The third-order valence-corrected chi connectivity index (χ3v) is 4.02. The van der Waals surface area contributed by atoms with Gasteiger partial charge in [0.2, 0.25) is 0 Å². The molecule has 2 aromatic heterocycles. The molecule has 0 spiro atoms.